The Hall–Kier alpha value is -2.63. The van der Waals surface area contributed by atoms with E-state index in [4.69, 9.17) is 9.15 Å². The van der Waals surface area contributed by atoms with Gasteiger partial charge in [-0.3, -0.25) is 9.59 Å². The van der Waals surface area contributed by atoms with Gasteiger partial charge < -0.3 is 14.5 Å². The number of ketones is 1. The lowest BCUT2D eigenvalue weighted by Crippen LogP contribution is -2.27. The molecule has 1 aromatic carbocycles. The first-order chi connectivity index (χ1) is 11.3. The van der Waals surface area contributed by atoms with Gasteiger partial charge in [0, 0.05) is 18.9 Å². The van der Waals surface area contributed by atoms with E-state index < -0.39 is 11.7 Å². The lowest BCUT2D eigenvalue weighted by Gasteiger charge is -2.27. The van der Waals surface area contributed by atoms with Crippen molar-refractivity contribution in [1.82, 2.24) is 0 Å². The first-order valence-corrected chi connectivity index (χ1v) is 7.59. The minimum absolute atomic E-state index is 0.0133. The van der Waals surface area contributed by atoms with Gasteiger partial charge in [-0.1, -0.05) is 13.8 Å². The molecule has 24 heavy (non-hydrogen) atoms. The molecule has 1 heterocycles. The molecule has 0 atom stereocenters. The predicted octanol–water partition coefficient (Wildman–Crippen LogP) is 3.83. The van der Waals surface area contributed by atoms with Crippen LogP contribution in [0.5, 0.6) is 5.75 Å². The number of hydrogen-bond acceptors (Lipinski definition) is 4. The van der Waals surface area contributed by atoms with Crippen molar-refractivity contribution in [2.24, 2.45) is 5.41 Å². The minimum atomic E-state index is -0.618. The second-order valence-corrected chi connectivity index (χ2v) is 6.69. The number of anilines is 1. The topological polar surface area (TPSA) is 68.5 Å². The van der Waals surface area contributed by atoms with Gasteiger partial charge in [0.1, 0.15) is 23.6 Å². The Balaban J connectivity index is 1.88. The van der Waals surface area contributed by atoms with Crippen molar-refractivity contribution in [2.45, 2.75) is 26.7 Å². The number of furan rings is 1. The zero-order chi connectivity index (χ0) is 17.5. The number of fused-ring (bicyclic) bond motifs is 1. The molecule has 1 aromatic heterocycles. The van der Waals surface area contributed by atoms with Gasteiger partial charge in [0.15, 0.2) is 5.78 Å². The Morgan fingerprint density at radius 2 is 2.08 bits per heavy atom. The number of amides is 1. The number of carbonyl (C=O) groups is 2. The number of halogens is 1. The van der Waals surface area contributed by atoms with E-state index >= 15 is 0 Å². The molecule has 0 aliphatic heterocycles. The number of Topliss-reactive ketones (excluding diaryl/α,β-unsaturated/α-hetero) is 1. The molecule has 1 aliphatic carbocycles. The third-order valence-electron chi connectivity index (χ3n) is 4.09. The SMILES string of the molecule is COc1ccc(NC(=O)c2coc3c2C(=O)CC(C)(C)C3)c(F)c1. The molecule has 0 unspecified atom stereocenters. The fourth-order valence-corrected chi connectivity index (χ4v) is 2.93. The van der Waals surface area contributed by atoms with Crippen molar-refractivity contribution in [3.8, 4) is 5.75 Å². The normalized spacial score (nSPS) is 15.8. The Morgan fingerprint density at radius 3 is 2.75 bits per heavy atom. The molecule has 0 spiro atoms. The van der Waals surface area contributed by atoms with Crippen LogP contribution in [0.25, 0.3) is 0 Å². The van der Waals surface area contributed by atoms with Crippen molar-refractivity contribution < 1.29 is 23.1 Å². The zero-order valence-electron chi connectivity index (χ0n) is 13.7. The number of carbonyl (C=O) groups excluding carboxylic acids is 2. The molecule has 0 fully saturated rings. The van der Waals surface area contributed by atoms with Crippen LogP contribution in [-0.4, -0.2) is 18.8 Å². The van der Waals surface area contributed by atoms with Gasteiger partial charge in [-0.2, -0.15) is 0 Å². The lowest BCUT2D eigenvalue weighted by molar-refractivity contribution is 0.0895. The summed E-state index contributed by atoms with van der Waals surface area (Å²) in [6.07, 6.45) is 2.19. The molecule has 5 nitrogen and oxygen atoms in total. The molecule has 1 N–H and O–H groups in total. The standard InChI is InChI=1S/C18H18FNO4/c1-18(2)7-14(21)16-11(9-24-15(16)8-18)17(22)20-13-5-4-10(23-3)6-12(13)19/h4-6,9H,7-8H2,1-3H3,(H,20,22). The smallest absolute Gasteiger partial charge is 0.259 e. The Morgan fingerprint density at radius 1 is 1.33 bits per heavy atom. The molecule has 1 amide bonds. The van der Waals surface area contributed by atoms with Crippen LogP contribution < -0.4 is 10.1 Å². The number of ether oxygens (including phenoxy) is 1. The summed E-state index contributed by atoms with van der Waals surface area (Å²) >= 11 is 0. The van der Waals surface area contributed by atoms with Crippen LogP contribution in [0.4, 0.5) is 10.1 Å². The van der Waals surface area contributed by atoms with Gasteiger partial charge in [-0.05, 0) is 17.5 Å². The maximum atomic E-state index is 14.0. The Labute approximate surface area is 138 Å². The van der Waals surface area contributed by atoms with Gasteiger partial charge >= 0.3 is 0 Å². The van der Waals surface area contributed by atoms with Crippen molar-refractivity contribution in [2.75, 3.05) is 12.4 Å². The highest BCUT2D eigenvalue weighted by atomic mass is 19.1. The van der Waals surface area contributed by atoms with E-state index in [0.29, 0.717) is 29.9 Å². The van der Waals surface area contributed by atoms with Crippen LogP contribution in [0.1, 0.15) is 46.7 Å². The molecule has 0 radical (unpaired) electrons. The Bertz CT molecular complexity index is 822. The maximum absolute atomic E-state index is 14.0. The van der Waals surface area contributed by atoms with E-state index in [0.717, 1.165) is 0 Å². The van der Waals surface area contributed by atoms with Crippen molar-refractivity contribution in [3.63, 3.8) is 0 Å². The summed E-state index contributed by atoms with van der Waals surface area (Å²) in [5, 5.41) is 2.47. The van der Waals surface area contributed by atoms with Crippen LogP contribution in [0, 0.1) is 11.2 Å². The summed E-state index contributed by atoms with van der Waals surface area (Å²) in [7, 11) is 1.43. The molecule has 3 rings (SSSR count). The Kier molecular flexibility index (Phi) is 3.91. The summed E-state index contributed by atoms with van der Waals surface area (Å²) in [5.41, 5.74) is 0.262. The number of rotatable bonds is 3. The molecular formula is C18H18FNO4. The first kappa shape index (κ1) is 16.2. The van der Waals surface area contributed by atoms with Crippen molar-refractivity contribution in [3.05, 3.63) is 47.2 Å². The number of hydrogen-bond donors (Lipinski definition) is 1. The van der Waals surface area contributed by atoms with Gasteiger partial charge in [0.25, 0.3) is 5.91 Å². The highest BCUT2D eigenvalue weighted by Crippen LogP contribution is 2.37. The number of nitrogens with one attached hydrogen (secondary N) is 1. The zero-order valence-corrected chi connectivity index (χ0v) is 13.7. The van der Waals surface area contributed by atoms with Crippen molar-refractivity contribution >= 4 is 17.4 Å². The number of benzene rings is 1. The van der Waals surface area contributed by atoms with E-state index in [1.807, 2.05) is 13.8 Å². The summed E-state index contributed by atoms with van der Waals surface area (Å²) in [6.45, 7) is 3.95. The molecule has 126 valence electrons. The fraction of sp³-hybridized carbons (Fsp3) is 0.333. The second-order valence-electron chi connectivity index (χ2n) is 6.69. The van der Waals surface area contributed by atoms with Crippen LogP contribution in [0.2, 0.25) is 0 Å². The maximum Gasteiger partial charge on any atom is 0.259 e. The fourth-order valence-electron chi connectivity index (χ4n) is 2.93. The summed E-state index contributed by atoms with van der Waals surface area (Å²) in [4.78, 5) is 24.8. The highest BCUT2D eigenvalue weighted by molar-refractivity contribution is 6.13. The predicted molar refractivity (Wildman–Crippen MR) is 86.0 cm³/mol. The average molecular weight is 331 g/mol. The molecule has 0 bridgehead atoms. The largest absolute Gasteiger partial charge is 0.497 e. The highest BCUT2D eigenvalue weighted by Gasteiger charge is 2.36. The van der Waals surface area contributed by atoms with Crippen LogP contribution in [0.3, 0.4) is 0 Å². The van der Waals surface area contributed by atoms with E-state index in [1.54, 1.807) is 0 Å². The third-order valence-corrected chi connectivity index (χ3v) is 4.09. The van der Waals surface area contributed by atoms with Gasteiger partial charge in [0.2, 0.25) is 0 Å². The average Bonchev–Trinajstić information content (AvgIpc) is 2.91. The van der Waals surface area contributed by atoms with E-state index in [2.05, 4.69) is 5.32 Å². The third kappa shape index (κ3) is 2.91. The van der Waals surface area contributed by atoms with E-state index in [-0.39, 0.29) is 22.4 Å². The summed E-state index contributed by atoms with van der Waals surface area (Å²) < 4.78 is 24.3. The van der Waals surface area contributed by atoms with Gasteiger partial charge in [0.05, 0.1) is 23.9 Å². The molecule has 2 aromatic rings. The molecule has 0 saturated heterocycles. The van der Waals surface area contributed by atoms with E-state index in [1.165, 1.54) is 31.6 Å². The number of methoxy groups -OCH3 is 1. The van der Waals surface area contributed by atoms with Crippen LogP contribution in [0.15, 0.2) is 28.9 Å². The molecule has 6 heteroatoms. The molecule has 0 saturated carbocycles. The second kappa shape index (κ2) is 5.78. The van der Waals surface area contributed by atoms with Crippen molar-refractivity contribution in [1.29, 1.82) is 0 Å². The summed E-state index contributed by atoms with van der Waals surface area (Å²) in [5.74, 6) is -0.458. The monoisotopic (exact) mass is 331 g/mol. The summed E-state index contributed by atoms with van der Waals surface area (Å²) in [6, 6.07) is 4.12. The van der Waals surface area contributed by atoms with Crippen LogP contribution in [-0.2, 0) is 6.42 Å². The van der Waals surface area contributed by atoms with E-state index in [9.17, 15) is 14.0 Å². The first-order valence-electron chi connectivity index (χ1n) is 7.59. The molecular weight excluding hydrogens is 313 g/mol. The van der Waals surface area contributed by atoms with Gasteiger partial charge in [-0.15, -0.1) is 0 Å². The molecule has 1 aliphatic rings. The lowest BCUT2D eigenvalue weighted by atomic mass is 9.76. The minimum Gasteiger partial charge on any atom is -0.497 e. The van der Waals surface area contributed by atoms with Gasteiger partial charge in [-0.25, -0.2) is 4.39 Å². The quantitative estimate of drug-likeness (QED) is 0.928. The van der Waals surface area contributed by atoms with Crippen LogP contribution >= 0.6 is 0 Å².